The van der Waals surface area contributed by atoms with Crippen LogP contribution in [0.3, 0.4) is 0 Å². The predicted octanol–water partition coefficient (Wildman–Crippen LogP) is 0.424. The summed E-state index contributed by atoms with van der Waals surface area (Å²) in [4.78, 5) is 25.6. The fraction of sp³-hybridized carbons (Fsp3) is 0.438. The fourth-order valence-corrected chi connectivity index (χ4v) is 3.25. The molecular weight excluding hydrogens is 294 g/mol. The van der Waals surface area contributed by atoms with Gasteiger partial charge in [-0.3, -0.25) is 19.6 Å². The summed E-state index contributed by atoms with van der Waals surface area (Å²) in [5.74, 6) is -0.472. The third kappa shape index (κ3) is 2.68. The quantitative estimate of drug-likeness (QED) is 0.786. The Morgan fingerprint density at radius 1 is 1.17 bits per heavy atom. The van der Waals surface area contributed by atoms with Crippen LogP contribution in [0.5, 0.6) is 0 Å². The van der Waals surface area contributed by atoms with Crippen molar-refractivity contribution < 1.29 is 9.59 Å². The van der Waals surface area contributed by atoms with Crippen LogP contribution in [0.1, 0.15) is 18.9 Å². The Morgan fingerprint density at radius 3 is 2.78 bits per heavy atom. The van der Waals surface area contributed by atoms with E-state index in [-0.39, 0.29) is 11.8 Å². The first kappa shape index (κ1) is 14.2. The smallest absolute Gasteiger partial charge is 0.251 e. The largest absolute Gasteiger partial charge is 0.369 e. The Labute approximate surface area is 133 Å². The highest BCUT2D eigenvalue weighted by molar-refractivity contribution is 5.99. The molecular formula is C16H19N5O2. The molecule has 2 saturated heterocycles. The number of rotatable bonds is 2. The van der Waals surface area contributed by atoms with Crippen molar-refractivity contribution in [3.8, 4) is 0 Å². The van der Waals surface area contributed by atoms with Gasteiger partial charge >= 0.3 is 0 Å². The van der Waals surface area contributed by atoms with Crippen LogP contribution in [-0.4, -0.2) is 47.8 Å². The number of fused-ring (bicyclic) bond motifs is 1. The summed E-state index contributed by atoms with van der Waals surface area (Å²) in [5.41, 5.74) is 2.05. The van der Waals surface area contributed by atoms with Gasteiger partial charge in [-0.2, -0.15) is 5.10 Å². The van der Waals surface area contributed by atoms with Crippen molar-refractivity contribution in [3.63, 3.8) is 0 Å². The van der Waals surface area contributed by atoms with Crippen LogP contribution in [0.25, 0.3) is 10.9 Å². The van der Waals surface area contributed by atoms with Crippen LogP contribution in [0.15, 0.2) is 24.4 Å². The van der Waals surface area contributed by atoms with Crippen molar-refractivity contribution >= 4 is 28.4 Å². The number of hydrogen-bond acceptors (Lipinski definition) is 5. The Hall–Kier alpha value is -2.41. The second-order valence-corrected chi connectivity index (χ2v) is 6.06. The molecule has 1 unspecified atom stereocenters. The SMILES string of the molecule is O=C1CCC(n2cc3cc(N4CCNCC4)ccc3n2)C(=O)N1. The van der Waals surface area contributed by atoms with E-state index in [0.717, 1.165) is 37.1 Å². The maximum atomic E-state index is 12.0. The molecule has 2 aromatic rings. The van der Waals surface area contributed by atoms with E-state index < -0.39 is 6.04 Å². The van der Waals surface area contributed by atoms with Crippen LogP contribution in [-0.2, 0) is 9.59 Å². The number of carbonyl (C=O) groups excluding carboxylic acids is 2. The molecule has 0 aliphatic carbocycles. The number of piperazine rings is 1. The first-order chi connectivity index (χ1) is 11.2. The lowest BCUT2D eigenvalue weighted by molar-refractivity contribution is -0.135. The maximum absolute atomic E-state index is 12.0. The molecule has 3 heterocycles. The lowest BCUT2D eigenvalue weighted by atomic mass is 10.1. The highest BCUT2D eigenvalue weighted by atomic mass is 16.2. The topological polar surface area (TPSA) is 79.3 Å². The van der Waals surface area contributed by atoms with E-state index in [1.807, 2.05) is 12.3 Å². The monoisotopic (exact) mass is 313 g/mol. The summed E-state index contributed by atoms with van der Waals surface area (Å²) in [6, 6.07) is 5.79. The van der Waals surface area contributed by atoms with E-state index in [2.05, 4.69) is 32.8 Å². The van der Waals surface area contributed by atoms with Crippen molar-refractivity contribution in [2.45, 2.75) is 18.9 Å². The van der Waals surface area contributed by atoms with Crippen molar-refractivity contribution in [1.29, 1.82) is 0 Å². The van der Waals surface area contributed by atoms with Gasteiger partial charge < -0.3 is 10.2 Å². The number of hydrogen-bond donors (Lipinski definition) is 2. The van der Waals surface area contributed by atoms with E-state index >= 15 is 0 Å². The number of benzene rings is 1. The zero-order valence-electron chi connectivity index (χ0n) is 12.8. The molecule has 7 nitrogen and oxygen atoms in total. The third-order valence-corrected chi connectivity index (χ3v) is 4.52. The molecule has 1 aromatic heterocycles. The highest BCUT2D eigenvalue weighted by Gasteiger charge is 2.28. The van der Waals surface area contributed by atoms with Gasteiger partial charge in [-0.05, 0) is 24.6 Å². The number of anilines is 1. The summed E-state index contributed by atoms with van der Waals surface area (Å²) in [7, 11) is 0. The van der Waals surface area contributed by atoms with Crippen LogP contribution < -0.4 is 15.5 Å². The molecule has 2 amide bonds. The Bertz CT molecular complexity index is 763. The first-order valence-electron chi connectivity index (χ1n) is 7.99. The third-order valence-electron chi connectivity index (χ3n) is 4.52. The van der Waals surface area contributed by atoms with Crippen molar-refractivity contribution in [3.05, 3.63) is 24.4 Å². The molecule has 2 aliphatic heterocycles. The predicted molar refractivity (Wildman–Crippen MR) is 86.2 cm³/mol. The summed E-state index contributed by atoms with van der Waals surface area (Å²) < 4.78 is 1.69. The first-order valence-corrected chi connectivity index (χ1v) is 7.99. The van der Waals surface area contributed by atoms with E-state index in [1.165, 1.54) is 5.69 Å². The molecule has 2 N–H and O–H groups in total. The van der Waals surface area contributed by atoms with Gasteiger partial charge in [0.15, 0.2) is 0 Å². The molecule has 0 bridgehead atoms. The average Bonchev–Trinajstić information content (AvgIpc) is 2.98. The van der Waals surface area contributed by atoms with Gasteiger partial charge in [-0.25, -0.2) is 0 Å². The van der Waals surface area contributed by atoms with Gasteiger partial charge in [0.25, 0.3) is 5.91 Å². The standard InChI is InChI=1S/C16H19N5O2/c22-15-4-3-14(16(23)18-15)21-10-11-9-12(1-2-13(11)19-21)20-7-5-17-6-8-20/h1-2,9-10,14,17H,3-8H2,(H,18,22,23). The number of nitrogens with zero attached hydrogens (tertiary/aromatic N) is 3. The van der Waals surface area contributed by atoms with Gasteiger partial charge in [0.2, 0.25) is 5.91 Å². The van der Waals surface area contributed by atoms with Crippen molar-refractivity contribution in [2.75, 3.05) is 31.1 Å². The van der Waals surface area contributed by atoms with Gasteiger partial charge in [-0.15, -0.1) is 0 Å². The fourth-order valence-electron chi connectivity index (χ4n) is 3.25. The second-order valence-electron chi connectivity index (χ2n) is 6.06. The Kier molecular flexibility index (Phi) is 3.49. The van der Waals surface area contributed by atoms with Gasteiger partial charge in [0.1, 0.15) is 6.04 Å². The summed E-state index contributed by atoms with van der Waals surface area (Å²) in [6.45, 7) is 3.97. The van der Waals surface area contributed by atoms with E-state index in [4.69, 9.17) is 0 Å². The molecule has 0 spiro atoms. The number of nitrogens with one attached hydrogen (secondary N) is 2. The molecule has 2 aliphatic rings. The number of amides is 2. The average molecular weight is 313 g/mol. The van der Waals surface area contributed by atoms with E-state index in [0.29, 0.717) is 12.8 Å². The molecule has 23 heavy (non-hydrogen) atoms. The molecule has 1 aromatic carbocycles. The number of imide groups is 1. The molecule has 4 rings (SSSR count). The Morgan fingerprint density at radius 2 is 2.00 bits per heavy atom. The van der Waals surface area contributed by atoms with Gasteiger partial charge in [0, 0.05) is 49.9 Å². The zero-order valence-corrected chi connectivity index (χ0v) is 12.8. The van der Waals surface area contributed by atoms with Crippen LogP contribution >= 0.6 is 0 Å². The number of aromatic nitrogens is 2. The lowest BCUT2D eigenvalue weighted by Gasteiger charge is -2.29. The molecule has 1 atom stereocenters. The summed E-state index contributed by atoms with van der Waals surface area (Å²) in [6.07, 6.45) is 2.77. The Balaban J connectivity index is 1.62. The van der Waals surface area contributed by atoms with Gasteiger partial charge in [-0.1, -0.05) is 0 Å². The van der Waals surface area contributed by atoms with E-state index in [1.54, 1.807) is 4.68 Å². The van der Waals surface area contributed by atoms with Crippen LogP contribution in [0, 0.1) is 0 Å². The van der Waals surface area contributed by atoms with Crippen LogP contribution in [0.2, 0.25) is 0 Å². The lowest BCUT2D eigenvalue weighted by Crippen LogP contribution is -2.43. The van der Waals surface area contributed by atoms with Crippen molar-refractivity contribution in [1.82, 2.24) is 20.4 Å². The minimum absolute atomic E-state index is 0.205. The van der Waals surface area contributed by atoms with Crippen molar-refractivity contribution in [2.24, 2.45) is 0 Å². The van der Waals surface area contributed by atoms with Gasteiger partial charge in [0.05, 0.1) is 5.52 Å². The molecule has 0 radical (unpaired) electrons. The number of piperidine rings is 1. The molecule has 0 saturated carbocycles. The van der Waals surface area contributed by atoms with Crippen LogP contribution in [0.4, 0.5) is 5.69 Å². The summed E-state index contributed by atoms with van der Waals surface area (Å²) >= 11 is 0. The molecule has 2 fully saturated rings. The zero-order chi connectivity index (χ0) is 15.8. The minimum atomic E-state index is -0.400. The maximum Gasteiger partial charge on any atom is 0.251 e. The normalized spacial score (nSPS) is 22.4. The number of carbonyl (C=O) groups is 2. The minimum Gasteiger partial charge on any atom is -0.369 e. The summed E-state index contributed by atoms with van der Waals surface area (Å²) in [5, 5.41) is 11.3. The second kappa shape index (κ2) is 5.66. The highest BCUT2D eigenvalue weighted by Crippen LogP contribution is 2.25. The molecule has 120 valence electrons. The molecule has 7 heteroatoms. The van der Waals surface area contributed by atoms with E-state index in [9.17, 15) is 9.59 Å².